The van der Waals surface area contributed by atoms with E-state index in [2.05, 4.69) is 5.32 Å². The molecule has 0 saturated carbocycles. The molecule has 0 aromatic heterocycles. The Labute approximate surface area is 148 Å². The number of rotatable bonds is 10. The zero-order valence-electron chi connectivity index (χ0n) is 14.5. The molecule has 2 N–H and O–H groups in total. The van der Waals surface area contributed by atoms with Crippen molar-refractivity contribution in [1.29, 1.82) is 0 Å². The van der Waals surface area contributed by atoms with Crippen LogP contribution in [-0.4, -0.2) is 36.0 Å². The normalized spacial score (nSPS) is 13.4. The minimum Gasteiger partial charge on any atom is -0.481 e. The van der Waals surface area contributed by atoms with Gasteiger partial charge in [0.25, 0.3) is 0 Å². The molecule has 0 aliphatic carbocycles. The van der Waals surface area contributed by atoms with E-state index in [4.69, 9.17) is 5.11 Å². The highest BCUT2D eigenvalue weighted by Gasteiger charge is 2.23. The van der Waals surface area contributed by atoms with E-state index in [1.165, 1.54) is 0 Å². The number of carbonyl (C=O) groups excluding carboxylic acids is 2. The van der Waals surface area contributed by atoms with Gasteiger partial charge in [0.1, 0.15) is 0 Å². The molecule has 0 spiro atoms. The van der Waals surface area contributed by atoms with E-state index in [9.17, 15) is 14.4 Å². The van der Waals surface area contributed by atoms with Crippen molar-refractivity contribution >= 4 is 23.5 Å². The van der Waals surface area contributed by atoms with Crippen LogP contribution in [-0.2, 0) is 20.8 Å². The number of carboxylic acid groups (broad SMARTS) is 1. The maximum Gasteiger partial charge on any atom is 0.303 e. The Balaban J connectivity index is 1.65. The van der Waals surface area contributed by atoms with Gasteiger partial charge in [0, 0.05) is 38.0 Å². The maximum absolute atomic E-state index is 12.1. The number of nitrogens with one attached hydrogen (secondary N) is 1. The van der Waals surface area contributed by atoms with Crippen LogP contribution in [0, 0.1) is 0 Å². The Hall–Kier alpha value is -2.37. The molecular formula is C19H26N2O4. The Morgan fingerprint density at radius 1 is 1.04 bits per heavy atom. The summed E-state index contributed by atoms with van der Waals surface area (Å²) in [6.45, 7) is 0.997. The number of anilines is 1. The fourth-order valence-corrected chi connectivity index (χ4v) is 3.03. The summed E-state index contributed by atoms with van der Waals surface area (Å²) in [6.07, 6.45) is 5.05. The van der Waals surface area contributed by atoms with E-state index in [0.717, 1.165) is 36.9 Å². The quantitative estimate of drug-likeness (QED) is 0.637. The van der Waals surface area contributed by atoms with Gasteiger partial charge in [-0.3, -0.25) is 14.4 Å². The number of aryl methyl sites for hydroxylation is 1. The third kappa shape index (κ3) is 6.21. The maximum atomic E-state index is 12.1. The molecule has 6 heteroatoms. The number of hydrogen-bond donors (Lipinski definition) is 2. The average Bonchev–Trinajstić information content (AvgIpc) is 2.59. The van der Waals surface area contributed by atoms with Crippen LogP contribution in [0.1, 0.15) is 50.5 Å². The summed E-state index contributed by atoms with van der Waals surface area (Å²) in [7, 11) is 0. The Morgan fingerprint density at radius 3 is 2.60 bits per heavy atom. The van der Waals surface area contributed by atoms with Gasteiger partial charge in [0.15, 0.2) is 0 Å². The molecule has 6 nitrogen and oxygen atoms in total. The van der Waals surface area contributed by atoms with Crippen LogP contribution in [0.25, 0.3) is 0 Å². The lowest BCUT2D eigenvalue weighted by molar-refractivity contribution is -0.137. The van der Waals surface area contributed by atoms with Crippen LogP contribution in [0.15, 0.2) is 24.3 Å². The third-order valence-corrected chi connectivity index (χ3v) is 4.39. The van der Waals surface area contributed by atoms with Crippen molar-refractivity contribution in [3.8, 4) is 0 Å². The second-order valence-electron chi connectivity index (χ2n) is 6.33. The van der Waals surface area contributed by atoms with Crippen molar-refractivity contribution in [2.75, 3.05) is 18.0 Å². The summed E-state index contributed by atoms with van der Waals surface area (Å²) in [6, 6.07) is 7.84. The number of hydrogen-bond acceptors (Lipinski definition) is 3. The SMILES string of the molecule is O=C(O)CCCCCCNC(=O)CCN1C(=O)CCc2ccccc21. The first-order chi connectivity index (χ1) is 12.1. The number of amides is 2. The summed E-state index contributed by atoms with van der Waals surface area (Å²) in [4.78, 5) is 36.2. The largest absolute Gasteiger partial charge is 0.481 e. The van der Waals surface area contributed by atoms with Crippen molar-refractivity contribution in [2.45, 2.75) is 51.4 Å². The van der Waals surface area contributed by atoms with Crippen molar-refractivity contribution in [3.05, 3.63) is 29.8 Å². The third-order valence-electron chi connectivity index (χ3n) is 4.39. The molecule has 2 amide bonds. The van der Waals surface area contributed by atoms with Crippen LogP contribution in [0.5, 0.6) is 0 Å². The van der Waals surface area contributed by atoms with E-state index in [0.29, 0.717) is 32.4 Å². The first kappa shape index (κ1) is 19.0. The molecular weight excluding hydrogens is 320 g/mol. The molecule has 0 fully saturated rings. The number of nitrogens with zero attached hydrogens (tertiary/aromatic N) is 1. The number of unbranched alkanes of at least 4 members (excludes halogenated alkanes) is 3. The summed E-state index contributed by atoms with van der Waals surface area (Å²) < 4.78 is 0. The summed E-state index contributed by atoms with van der Waals surface area (Å²) in [5.41, 5.74) is 2.08. The van der Waals surface area contributed by atoms with Gasteiger partial charge in [-0.25, -0.2) is 0 Å². The number of fused-ring (bicyclic) bond motifs is 1. The zero-order valence-corrected chi connectivity index (χ0v) is 14.5. The van der Waals surface area contributed by atoms with E-state index in [-0.39, 0.29) is 18.2 Å². The predicted octanol–water partition coefficient (Wildman–Crippen LogP) is 2.51. The lowest BCUT2D eigenvalue weighted by atomic mass is 10.0. The molecule has 1 heterocycles. The number of carboxylic acids is 1. The van der Waals surface area contributed by atoms with Crippen LogP contribution in [0.4, 0.5) is 5.69 Å². The first-order valence-electron chi connectivity index (χ1n) is 8.94. The Bertz CT molecular complexity index is 615. The van der Waals surface area contributed by atoms with Gasteiger partial charge in [-0.2, -0.15) is 0 Å². The fourth-order valence-electron chi connectivity index (χ4n) is 3.03. The van der Waals surface area contributed by atoms with Crippen LogP contribution in [0.2, 0.25) is 0 Å². The molecule has 2 rings (SSSR count). The minimum absolute atomic E-state index is 0.0543. The molecule has 0 saturated heterocycles. The first-order valence-corrected chi connectivity index (χ1v) is 8.94. The summed E-state index contributed by atoms with van der Waals surface area (Å²) in [5, 5.41) is 11.4. The molecule has 0 radical (unpaired) electrons. The molecule has 1 aromatic carbocycles. The highest BCUT2D eigenvalue weighted by molar-refractivity contribution is 5.96. The Morgan fingerprint density at radius 2 is 1.80 bits per heavy atom. The van der Waals surface area contributed by atoms with Gasteiger partial charge in [-0.05, 0) is 30.9 Å². The topological polar surface area (TPSA) is 86.7 Å². The minimum atomic E-state index is -0.762. The molecule has 1 aliphatic rings. The molecule has 0 bridgehead atoms. The van der Waals surface area contributed by atoms with Gasteiger partial charge in [0.2, 0.25) is 11.8 Å². The van der Waals surface area contributed by atoms with Crippen LogP contribution in [0.3, 0.4) is 0 Å². The summed E-state index contributed by atoms with van der Waals surface area (Å²) in [5.74, 6) is -0.742. The zero-order chi connectivity index (χ0) is 18.1. The number of para-hydroxylation sites is 1. The predicted molar refractivity (Wildman–Crippen MR) is 95.5 cm³/mol. The monoisotopic (exact) mass is 346 g/mol. The van der Waals surface area contributed by atoms with E-state index >= 15 is 0 Å². The van der Waals surface area contributed by atoms with Crippen molar-refractivity contribution in [2.24, 2.45) is 0 Å². The highest BCUT2D eigenvalue weighted by atomic mass is 16.4. The van der Waals surface area contributed by atoms with E-state index in [1.807, 2.05) is 24.3 Å². The van der Waals surface area contributed by atoms with Crippen molar-refractivity contribution in [1.82, 2.24) is 5.32 Å². The lowest BCUT2D eigenvalue weighted by Crippen LogP contribution is -2.38. The second kappa shape index (κ2) is 9.81. The number of aliphatic carboxylic acids is 1. The van der Waals surface area contributed by atoms with Gasteiger partial charge in [0.05, 0.1) is 0 Å². The summed E-state index contributed by atoms with van der Waals surface area (Å²) >= 11 is 0. The smallest absolute Gasteiger partial charge is 0.303 e. The molecule has 25 heavy (non-hydrogen) atoms. The van der Waals surface area contributed by atoms with Crippen LogP contribution >= 0.6 is 0 Å². The Kier molecular flexibility index (Phi) is 7.44. The lowest BCUT2D eigenvalue weighted by Gasteiger charge is -2.29. The molecule has 136 valence electrons. The highest BCUT2D eigenvalue weighted by Crippen LogP contribution is 2.27. The number of benzene rings is 1. The standard InChI is InChI=1S/C19H26N2O4/c22-17(20-13-6-2-1-3-9-19(24)25)12-14-21-16-8-5-4-7-15(16)10-11-18(21)23/h4-5,7-8H,1-3,6,9-14H2,(H,20,22)(H,24,25). The van der Waals surface area contributed by atoms with Crippen LogP contribution < -0.4 is 10.2 Å². The van der Waals surface area contributed by atoms with E-state index in [1.54, 1.807) is 4.90 Å². The average molecular weight is 346 g/mol. The number of carbonyl (C=O) groups is 3. The van der Waals surface area contributed by atoms with Gasteiger partial charge in [-0.15, -0.1) is 0 Å². The van der Waals surface area contributed by atoms with Crippen molar-refractivity contribution < 1.29 is 19.5 Å². The van der Waals surface area contributed by atoms with Gasteiger partial charge >= 0.3 is 5.97 Å². The molecule has 0 unspecified atom stereocenters. The van der Waals surface area contributed by atoms with Gasteiger partial charge < -0.3 is 15.3 Å². The molecule has 0 atom stereocenters. The second-order valence-corrected chi connectivity index (χ2v) is 6.33. The molecule has 1 aromatic rings. The molecule has 1 aliphatic heterocycles. The van der Waals surface area contributed by atoms with E-state index < -0.39 is 5.97 Å². The van der Waals surface area contributed by atoms with Gasteiger partial charge in [-0.1, -0.05) is 31.0 Å². The van der Waals surface area contributed by atoms with Crippen molar-refractivity contribution in [3.63, 3.8) is 0 Å². The fraction of sp³-hybridized carbons (Fsp3) is 0.526.